The van der Waals surface area contributed by atoms with Crippen molar-refractivity contribution in [1.29, 1.82) is 0 Å². The molecule has 5 rings (SSSR count). The number of carbonyl (C=O) groups is 2. The maximum Gasteiger partial charge on any atom is 0.327 e. The van der Waals surface area contributed by atoms with E-state index in [0.29, 0.717) is 22.8 Å². The second kappa shape index (κ2) is 9.43. The number of rotatable bonds is 6. The molecule has 1 N–H and O–H groups in total. The summed E-state index contributed by atoms with van der Waals surface area (Å²) in [6.45, 7) is 3.90. The van der Waals surface area contributed by atoms with Crippen molar-refractivity contribution in [3.8, 4) is 5.69 Å². The number of halogens is 1. The third-order valence-corrected chi connectivity index (χ3v) is 6.44. The molecule has 180 valence electrons. The Labute approximate surface area is 212 Å². The lowest BCUT2D eigenvalue weighted by atomic mass is 10.0. The van der Waals surface area contributed by atoms with Crippen molar-refractivity contribution in [1.82, 2.24) is 14.7 Å². The predicted molar refractivity (Wildman–Crippen MR) is 137 cm³/mol. The Morgan fingerprint density at radius 3 is 2.31 bits per heavy atom. The number of nitrogens with one attached hydrogen (secondary N) is 1. The van der Waals surface area contributed by atoms with Gasteiger partial charge in [0.25, 0.3) is 17.2 Å². The molecule has 0 saturated carbocycles. The van der Waals surface area contributed by atoms with Crippen LogP contribution in [0.3, 0.4) is 0 Å². The van der Waals surface area contributed by atoms with Crippen molar-refractivity contribution in [2.45, 2.75) is 26.8 Å². The first kappa shape index (κ1) is 23.5. The molecule has 2 amide bonds. The number of benzene rings is 2. The van der Waals surface area contributed by atoms with Gasteiger partial charge in [0, 0.05) is 22.3 Å². The number of hydrogen-bond donors (Lipinski definition) is 1. The summed E-state index contributed by atoms with van der Waals surface area (Å²) >= 11 is 6.03. The second-order valence-electron chi connectivity index (χ2n) is 8.63. The zero-order chi connectivity index (χ0) is 25.4. The van der Waals surface area contributed by atoms with Gasteiger partial charge in [0.15, 0.2) is 12.4 Å². The third kappa shape index (κ3) is 4.07. The third-order valence-electron chi connectivity index (χ3n) is 6.19. The van der Waals surface area contributed by atoms with E-state index in [2.05, 4.69) is 5.10 Å². The molecule has 0 radical (unpaired) electrons. The highest BCUT2D eigenvalue weighted by molar-refractivity contribution is 6.44. The fraction of sp³-hybridized carbons (Fsp3) is 0.143. The van der Waals surface area contributed by atoms with Crippen LogP contribution < -0.4 is 10.1 Å². The molecular formula is C28H24ClN4O3+. The molecule has 0 bridgehead atoms. The highest BCUT2D eigenvalue weighted by Crippen LogP contribution is 2.31. The highest BCUT2D eigenvalue weighted by Gasteiger charge is 2.47. The number of pyridine rings is 1. The summed E-state index contributed by atoms with van der Waals surface area (Å²) in [6.07, 6.45) is 3.96. The largest absolute Gasteiger partial charge is 0.327 e. The van der Waals surface area contributed by atoms with Crippen molar-refractivity contribution in [3.05, 3.63) is 117 Å². The monoisotopic (exact) mass is 499 g/mol. The lowest BCUT2D eigenvalue weighted by Gasteiger charge is -2.13. The molecule has 8 heteroatoms. The first-order valence-corrected chi connectivity index (χ1v) is 12.0. The van der Waals surface area contributed by atoms with Gasteiger partial charge in [-0.1, -0.05) is 48.9 Å². The molecule has 2 aromatic carbocycles. The Bertz CT molecular complexity index is 1570. The molecule has 1 aliphatic heterocycles. The van der Waals surface area contributed by atoms with Crippen molar-refractivity contribution in [3.63, 3.8) is 0 Å². The van der Waals surface area contributed by atoms with Gasteiger partial charge in [-0.15, -0.1) is 0 Å². The highest BCUT2D eigenvalue weighted by atomic mass is 35.5. The number of aryl methyl sites for hydroxylation is 2. The summed E-state index contributed by atoms with van der Waals surface area (Å²) in [5, 5.41) is 3.68. The van der Waals surface area contributed by atoms with E-state index in [-0.39, 0.29) is 23.4 Å². The van der Waals surface area contributed by atoms with Crippen LogP contribution >= 0.6 is 11.6 Å². The maximum atomic E-state index is 13.9. The van der Waals surface area contributed by atoms with E-state index < -0.39 is 17.4 Å². The molecule has 0 saturated heterocycles. The minimum absolute atomic E-state index is 0.0948. The standard InChI is InChI=1S/C28H23ClN4O3/c1-3-22-23(27(35)33(30-22)21-13-11-20(29)12-14-21)24-25(31-15-7-8-18(2)16-31)28(36)32(26(24)34)17-19-9-5-4-6-10-19/h4-16H,3,17H2,1-2H3/p+1. The van der Waals surface area contributed by atoms with E-state index >= 15 is 0 Å². The molecule has 0 atom stereocenters. The summed E-state index contributed by atoms with van der Waals surface area (Å²) in [6, 6.07) is 19.8. The zero-order valence-electron chi connectivity index (χ0n) is 19.9. The molecule has 0 spiro atoms. The van der Waals surface area contributed by atoms with Crippen LogP contribution in [-0.4, -0.2) is 26.5 Å². The van der Waals surface area contributed by atoms with Crippen molar-refractivity contribution in [2.24, 2.45) is 0 Å². The summed E-state index contributed by atoms with van der Waals surface area (Å²) in [5.41, 5.74) is 2.92. The normalized spacial score (nSPS) is 13.7. The summed E-state index contributed by atoms with van der Waals surface area (Å²) in [5.74, 6) is -0.947. The zero-order valence-corrected chi connectivity index (χ0v) is 20.6. The quantitative estimate of drug-likeness (QED) is 0.322. The summed E-state index contributed by atoms with van der Waals surface area (Å²) < 4.78 is 3.02. The molecule has 0 aliphatic carbocycles. The average Bonchev–Trinajstić information content (AvgIpc) is 3.33. The Morgan fingerprint density at radius 2 is 1.64 bits per heavy atom. The van der Waals surface area contributed by atoms with Crippen LogP contribution in [0.25, 0.3) is 17.0 Å². The number of aromatic nitrogens is 3. The first-order chi connectivity index (χ1) is 17.4. The van der Waals surface area contributed by atoms with Crippen molar-refractivity contribution < 1.29 is 14.2 Å². The number of amides is 2. The second-order valence-corrected chi connectivity index (χ2v) is 9.07. The van der Waals surface area contributed by atoms with Gasteiger partial charge < -0.3 is 0 Å². The van der Waals surface area contributed by atoms with Gasteiger partial charge in [-0.3, -0.25) is 24.4 Å². The average molecular weight is 500 g/mol. The van der Waals surface area contributed by atoms with Gasteiger partial charge in [0.05, 0.1) is 17.8 Å². The van der Waals surface area contributed by atoms with E-state index in [1.165, 1.54) is 9.58 Å². The fourth-order valence-corrected chi connectivity index (χ4v) is 4.56. The first-order valence-electron chi connectivity index (χ1n) is 11.6. The Balaban J connectivity index is 1.72. The van der Waals surface area contributed by atoms with Crippen molar-refractivity contribution >= 4 is 34.7 Å². The lowest BCUT2D eigenvalue weighted by Crippen LogP contribution is -2.39. The molecule has 0 fully saturated rings. The Morgan fingerprint density at radius 1 is 0.917 bits per heavy atom. The van der Waals surface area contributed by atoms with Crippen LogP contribution in [0.5, 0.6) is 0 Å². The molecule has 7 nitrogen and oxygen atoms in total. The van der Waals surface area contributed by atoms with E-state index in [9.17, 15) is 14.4 Å². The predicted octanol–water partition coefficient (Wildman–Crippen LogP) is 3.91. The van der Waals surface area contributed by atoms with Gasteiger partial charge in [-0.25, -0.2) is 4.68 Å². The van der Waals surface area contributed by atoms with Gasteiger partial charge in [0.2, 0.25) is 0 Å². The van der Waals surface area contributed by atoms with E-state index in [4.69, 9.17) is 11.6 Å². The summed E-state index contributed by atoms with van der Waals surface area (Å²) in [4.78, 5) is 42.5. The number of imide groups is 1. The number of hydrogen-bond acceptors (Lipinski definition) is 3. The number of carbonyl (C=O) groups excluding carboxylic acids is 2. The smallest absolute Gasteiger partial charge is 0.294 e. The minimum atomic E-state index is -0.498. The number of aromatic amines is 1. The van der Waals surface area contributed by atoms with Crippen LogP contribution in [0.2, 0.25) is 5.02 Å². The number of nitrogens with zero attached hydrogens (tertiary/aromatic N) is 3. The van der Waals surface area contributed by atoms with E-state index in [1.54, 1.807) is 47.3 Å². The lowest BCUT2D eigenvalue weighted by molar-refractivity contribution is -0.577. The van der Waals surface area contributed by atoms with E-state index in [0.717, 1.165) is 11.1 Å². The molecule has 2 aromatic heterocycles. The van der Waals surface area contributed by atoms with Gasteiger partial charge in [0.1, 0.15) is 5.57 Å². The van der Waals surface area contributed by atoms with E-state index in [1.807, 2.05) is 50.2 Å². The van der Waals surface area contributed by atoms with Gasteiger partial charge in [-0.05, 0) is 49.2 Å². The molecular weight excluding hydrogens is 476 g/mol. The van der Waals surface area contributed by atoms with Crippen LogP contribution in [0.15, 0.2) is 83.9 Å². The van der Waals surface area contributed by atoms with Crippen LogP contribution in [-0.2, 0) is 22.6 Å². The van der Waals surface area contributed by atoms with Crippen molar-refractivity contribution in [2.75, 3.05) is 0 Å². The topological polar surface area (TPSA) is 79.1 Å². The summed E-state index contributed by atoms with van der Waals surface area (Å²) in [7, 11) is 0. The Hall–Kier alpha value is -4.23. The molecule has 0 unspecified atom stereocenters. The number of H-pyrrole nitrogens is 1. The fourth-order valence-electron chi connectivity index (χ4n) is 4.44. The molecule has 4 aromatic rings. The van der Waals surface area contributed by atoms with Gasteiger partial charge >= 0.3 is 5.91 Å². The van der Waals surface area contributed by atoms with Crippen LogP contribution in [0.4, 0.5) is 0 Å². The molecule has 1 aliphatic rings. The van der Waals surface area contributed by atoms with Gasteiger partial charge in [-0.2, -0.15) is 4.57 Å². The molecule has 3 heterocycles. The SMILES string of the molecule is CCc1[nH]n(-c2ccc(Cl)cc2)c(=O)c1C1=C([n+]2cccc(C)c2)C(=O)N(Cc2ccccc2)C1=O. The molecule has 36 heavy (non-hydrogen) atoms. The minimum Gasteiger partial charge on any atom is -0.294 e. The van der Waals surface area contributed by atoms with Crippen LogP contribution in [0, 0.1) is 6.92 Å². The maximum absolute atomic E-state index is 13.9. The Kier molecular flexibility index (Phi) is 6.16. The van der Waals surface area contributed by atoms with Crippen LogP contribution in [0.1, 0.15) is 29.3 Å².